The van der Waals surface area contributed by atoms with Gasteiger partial charge in [-0.3, -0.25) is 4.79 Å². The first-order valence-corrected chi connectivity index (χ1v) is 8.76. The molecule has 1 heterocycles. The maximum Gasteiger partial charge on any atom is 0.271 e. The fourth-order valence-electron chi connectivity index (χ4n) is 2.17. The van der Waals surface area contributed by atoms with Crippen LogP contribution in [0, 0.1) is 5.82 Å². The van der Waals surface area contributed by atoms with Gasteiger partial charge in [0.15, 0.2) is 0 Å². The number of ether oxygens (including phenoxy) is 2. The molecular weight excluding hydrogens is 355 g/mol. The van der Waals surface area contributed by atoms with Crippen molar-refractivity contribution in [1.29, 1.82) is 0 Å². The van der Waals surface area contributed by atoms with Crippen LogP contribution in [-0.4, -0.2) is 18.0 Å². The highest BCUT2D eigenvalue weighted by Gasteiger charge is 2.11. The number of rotatable bonds is 7. The van der Waals surface area contributed by atoms with E-state index in [2.05, 4.69) is 10.3 Å². The minimum atomic E-state index is -0.305. The summed E-state index contributed by atoms with van der Waals surface area (Å²) in [7, 11) is 1.61. The monoisotopic (exact) mass is 372 g/mol. The third-order valence-corrected chi connectivity index (χ3v) is 4.39. The van der Waals surface area contributed by atoms with Gasteiger partial charge in [0.2, 0.25) is 0 Å². The third kappa shape index (κ3) is 4.80. The fourth-order valence-corrected chi connectivity index (χ4v) is 2.86. The van der Waals surface area contributed by atoms with Crippen LogP contribution in [0.5, 0.6) is 11.5 Å². The Hall–Kier alpha value is -2.93. The van der Waals surface area contributed by atoms with Crippen LogP contribution < -0.4 is 14.8 Å². The highest BCUT2D eigenvalue weighted by molar-refractivity contribution is 7.09. The second-order valence-electron chi connectivity index (χ2n) is 5.40. The molecule has 0 aliphatic rings. The van der Waals surface area contributed by atoms with E-state index in [1.54, 1.807) is 24.6 Å². The Bertz CT molecular complexity index is 863. The van der Waals surface area contributed by atoms with E-state index in [1.807, 2.05) is 24.3 Å². The van der Waals surface area contributed by atoms with Gasteiger partial charge in [0.25, 0.3) is 5.91 Å². The van der Waals surface area contributed by atoms with Gasteiger partial charge in [0, 0.05) is 11.9 Å². The Kier molecular flexibility index (Phi) is 5.80. The Morgan fingerprint density at radius 1 is 1.12 bits per heavy atom. The lowest BCUT2D eigenvalue weighted by molar-refractivity contribution is 0.0946. The van der Waals surface area contributed by atoms with Crippen LogP contribution in [-0.2, 0) is 13.2 Å². The predicted octanol–water partition coefficient (Wildman–Crippen LogP) is 3.80. The number of hydrogen-bond acceptors (Lipinski definition) is 5. The fraction of sp³-hybridized carbons (Fsp3) is 0.158. The maximum absolute atomic E-state index is 12.9. The van der Waals surface area contributed by atoms with E-state index in [0.29, 0.717) is 23.0 Å². The normalized spacial score (nSPS) is 10.4. The van der Waals surface area contributed by atoms with Gasteiger partial charge in [-0.25, -0.2) is 9.37 Å². The van der Waals surface area contributed by atoms with Crippen LogP contribution in [0.3, 0.4) is 0 Å². The zero-order chi connectivity index (χ0) is 18.4. The number of methoxy groups -OCH3 is 1. The van der Waals surface area contributed by atoms with E-state index in [4.69, 9.17) is 9.47 Å². The zero-order valence-electron chi connectivity index (χ0n) is 14.1. The molecule has 0 fully saturated rings. The number of carbonyl (C=O) groups excluding carboxylic acids is 1. The number of thiazole rings is 1. The minimum Gasteiger partial charge on any atom is -0.497 e. The summed E-state index contributed by atoms with van der Waals surface area (Å²) < 4.78 is 23.6. The average Bonchev–Trinajstić information content (AvgIpc) is 3.15. The van der Waals surface area contributed by atoms with E-state index >= 15 is 0 Å². The van der Waals surface area contributed by atoms with Crippen molar-refractivity contribution < 1.29 is 18.7 Å². The van der Waals surface area contributed by atoms with Gasteiger partial charge in [-0.05, 0) is 42.0 Å². The molecule has 0 aliphatic heterocycles. The maximum atomic E-state index is 12.9. The second kappa shape index (κ2) is 8.44. The Labute approximate surface area is 154 Å². The Morgan fingerprint density at radius 3 is 2.50 bits per heavy atom. The molecule has 0 aliphatic carbocycles. The molecule has 0 radical (unpaired) electrons. The molecule has 0 atom stereocenters. The molecule has 3 rings (SSSR count). The standard InChI is InChI=1S/C19H17FN2O3S/c1-24-15-6-8-16(9-7-15)25-11-18-22-17(12-26-18)19(23)21-10-13-2-4-14(20)5-3-13/h2-9,12H,10-11H2,1H3,(H,21,23). The van der Waals surface area contributed by atoms with Crippen molar-refractivity contribution in [3.05, 3.63) is 76.0 Å². The van der Waals surface area contributed by atoms with Gasteiger partial charge in [0.05, 0.1) is 7.11 Å². The minimum absolute atomic E-state index is 0.277. The van der Waals surface area contributed by atoms with E-state index in [0.717, 1.165) is 11.3 Å². The molecule has 0 unspecified atom stereocenters. The summed E-state index contributed by atoms with van der Waals surface area (Å²) >= 11 is 1.36. The molecule has 1 amide bonds. The van der Waals surface area contributed by atoms with Crippen molar-refractivity contribution in [2.24, 2.45) is 0 Å². The number of aromatic nitrogens is 1. The van der Waals surface area contributed by atoms with Crippen LogP contribution in [0.15, 0.2) is 53.9 Å². The Morgan fingerprint density at radius 2 is 1.81 bits per heavy atom. The van der Waals surface area contributed by atoms with Gasteiger partial charge < -0.3 is 14.8 Å². The summed E-state index contributed by atoms with van der Waals surface area (Å²) in [5, 5.41) is 5.15. The van der Waals surface area contributed by atoms with Gasteiger partial charge in [-0.15, -0.1) is 11.3 Å². The summed E-state index contributed by atoms with van der Waals surface area (Å²) in [6.07, 6.45) is 0. The zero-order valence-corrected chi connectivity index (χ0v) is 14.9. The summed E-state index contributed by atoms with van der Waals surface area (Å²) in [6.45, 7) is 0.594. The largest absolute Gasteiger partial charge is 0.497 e. The van der Waals surface area contributed by atoms with Crippen LogP contribution in [0.1, 0.15) is 21.1 Å². The highest BCUT2D eigenvalue weighted by atomic mass is 32.1. The molecule has 134 valence electrons. The lowest BCUT2D eigenvalue weighted by atomic mass is 10.2. The average molecular weight is 372 g/mol. The van der Waals surface area contributed by atoms with Gasteiger partial charge in [-0.2, -0.15) is 0 Å². The van der Waals surface area contributed by atoms with Crippen molar-refractivity contribution in [1.82, 2.24) is 10.3 Å². The van der Waals surface area contributed by atoms with Crippen molar-refractivity contribution >= 4 is 17.2 Å². The van der Waals surface area contributed by atoms with E-state index in [1.165, 1.54) is 23.5 Å². The first-order valence-electron chi connectivity index (χ1n) is 7.88. The molecule has 3 aromatic rings. The number of nitrogens with zero attached hydrogens (tertiary/aromatic N) is 1. The summed E-state index contributed by atoms with van der Waals surface area (Å²) in [4.78, 5) is 16.4. The summed E-state index contributed by atoms with van der Waals surface area (Å²) in [5.41, 5.74) is 1.16. The number of halogens is 1. The lowest BCUT2D eigenvalue weighted by Gasteiger charge is -2.05. The number of hydrogen-bond donors (Lipinski definition) is 1. The van der Waals surface area contributed by atoms with Gasteiger partial charge in [-0.1, -0.05) is 12.1 Å². The van der Waals surface area contributed by atoms with Crippen molar-refractivity contribution in [2.75, 3.05) is 7.11 Å². The predicted molar refractivity (Wildman–Crippen MR) is 97.0 cm³/mol. The third-order valence-electron chi connectivity index (χ3n) is 3.57. The number of benzene rings is 2. The SMILES string of the molecule is COc1ccc(OCc2nc(C(=O)NCc3ccc(F)cc3)cs2)cc1. The van der Waals surface area contributed by atoms with Crippen LogP contribution >= 0.6 is 11.3 Å². The molecule has 1 aromatic heterocycles. The number of amides is 1. The number of carbonyl (C=O) groups is 1. The topological polar surface area (TPSA) is 60.5 Å². The van der Waals surface area contributed by atoms with Gasteiger partial charge >= 0.3 is 0 Å². The molecule has 1 N–H and O–H groups in total. The first kappa shape index (κ1) is 17.9. The molecule has 0 bridgehead atoms. The highest BCUT2D eigenvalue weighted by Crippen LogP contribution is 2.19. The van der Waals surface area contributed by atoms with E-state index in [9.17, 15) is 9.18 Å². The quantitative estimate of drug-likeness (QED) is 0.685. The van der Waals surface area contributed by atoms with Crippen molar-refractivity contribution in [3.8, 4) is 11.5 Å². The summed E-state index contributed by atoms with van der Waals surface area (Å²) in [5.74, 6) is 0.873. The molecule has 5 nitrogen and oxygen atoms in total. The molecule has 2 aromatic carbocycles. The lowest BCUT2D eigenvalue weighted by Crippen LogP contribution is -2.23. The second-order valence-corrected chi connectivity index (χ2v) is 6.34. The molecule has 26 heavy (non-hydrogen) atoms. The smallest absolute Gasteiger partial charge is 0.271 e. The van der Waals surface area contributed by atoms with Crippen LogP contribution in [0.2, 0.25) is 0 Å². The molecule has 0 spiro atoms. The molecule has 0 saturated carbocycles. The van der Waals surface area contributed by atoms with Crippen molar-refractivity contribution in [2.45, 2.75) is 13.2 Å². The Balaban J connectivity index is 1.51. The van der Waals surface area contributed by atoms with E-state index < -0.39 is 0 Å². The van der Waals surface area contributed by atoms with Crippen molar-refractivity contribution in [3.63, 3.8) is 0 Å². The van der Waals surface area contributed by atoms with Crippen LogP contribution in [0.4, 0.5) is 4.39 Å². The summed E-state index contributed by atoms with van der Waals surface area (Å²) in [6, 6.07) is 13.2. The first-order chi connectivity index (χ1) is 12.6. The number of nitrogens with one attached hydrogen (secondary N) is 1. The molecule has 0 saturated heterocycles. The molecular formula is C19H17FN2O3S. The van der Waals surface area contributed by atoms with Gasteiger partial charge in [0.1, 0.15) is 34.6 Å². The van der Waals surface area contributed by atoms with E-state index in [-0.39, 0.29) is 18.3 Å². The molecule has 7 heteroatoms. The van der Waals surface area contributed by atoms with Crippen LogP contribution in [0.25, 0.3) is 0 Å².